The lowest BCUT2D eigenvalue weighted by molar-refractivity contribution is -0.115. The second-order valence-electron chi connectivity index (χ2n) is 2.97. The highest BCUT2D eigenvalue weighted by molar-refractivity contribution is 5.50. The van der Waals surface area contributed by atoms with Crippen LogP contribution in [0.1, 0.15) is 5.56 Å². The molecule has 1 aromatic rings. The number of halogens is 3. The molecule has 15 heavy (non-hydrogen) atoms. The minimum Gasteiger partial charge on any atom is -0.508 e. The number of phenols is 1. The van der Waals surface area contributed by atoms with Crippen LogP contribution in [-0.2, 0) is 6.61 Å². The van der Waals surface area contributed by atoms with E-state index in [9.17, 15) is 13.2 Å². The van der Waals surface area contributed by atoms with E-state index in [4.69, 9.17) is 10.2 Å². The summed E-state index contributed by atoms with van der Waals surface area (Å²) in [5.74, 6) is -0.143. The monoisotopic (exact) mass is 221 g/mol. The molecule has 0 aliphatic rings. The number of nitrogens with one attached hydrogen (secondary N) is 1. The molecule has 0 aromatic heterocycles. The summed E-state index contributed by atoms with van der Waals surface area (Å²) in [4.78, 5) is 0. The van der Waals surface area contributed by atoms with Gasteiger partial charge in [-0.3, -0.25) is 0 Å². The Morgan fingerprint density at radius 2 is 1.93 bits per heavy atom. The van der Waals surface area contributed by atoms with Gasteiger partial charge >= 0.3 is 6.18 Å². The zero-order chi connectivity index (χ0) is 11.5. The first kappa shape index (κ1) is 11.6. The normalized spacial score (nSPS) is 11.5. The van der Waals surface area contributed by atoms with Crippen molar-refractivity contribution in [3.8, 4) is 5.75 Å². The summed E-state index contributed by atoms with van der Waals surface area (Å²) in [6, 6.07) is 3.80. The number of anilines is 1. The molecule has 0 aliphatic carbocycles. The highest BCUT2D eigenvalue weighted by atomic mass is 19.4. The van der Waals surface area contributed by atoms with Crippen molar-refractivity contribution < 1.29 is 23.4 Å². The first-order valence-electron chi connectivity index (χ1n) is 4.16. The van der Waals surface area contributed by atoms with Crippen molar-refractivity contribution in [2.24, 2.45) is 0 Å². The average molecular weight is 221 g/mol. The fourth-order valence-electron chi connectivity index (χ4n) is 1.02. The topological polar surface area (TPSA) is 52.5 Å². The van der Waals surface area contributed by atoms with Gasteiger partial charge in [0, 0.05) is 11.3 Å². The van der Waals surface area contributed by atoms with Crippen molar-refractivity contribution in [2.45, 2.75) is 12.8 Å². The van der Waals surface area contributed by atoms with Gasteiger partial charge in [-0.05, 0) is 18.2 Å². The third-order valence-corrected chi connectivity index (χ3v) is 1.74. The SMILES string of the molecule is OCc1cc(NCC(F)(F)F)ccc1O. The summed E-state index contributed by atoms with van der Waals surface area (Å²) in [6.45, 7) is -1.57. The maximum Gasteiger partial charge on any atom is 0.405 e. The summed E-state index contributed by atoms with van der Waals surface area (Å²) in [7, 11) is 0. The second-order valence-corrected chi connectivity index (χ2v) is 2.97. The highest BCUT2D eigenvalue weighted by Crippen LogP contribution is 2.22. The van der Waals surface area contributed by atoms with Crippen LogP contribution in [0.25, 0.3) is 0 Å². The van der Waals surface area contributed by atoms with Crippen LogP contribution in [0.2, 0.25) is 0 Å². The molecule has 0 amide bonds. The summed E-state index contributed by atoms with van der Waals surface area (Å²) in [5, 5.41) is 20.1. The van der Waals surface area contributed by atoms with Gasteiger partial charge in [0.25, 0.3) is 0 Å². The van der Waals surface area contributed by atoms with Crippen molar-refractivity contribution >= 4 is 5.69 Å². The molecule has 0 bridgehead atoms. The van der Waals surface area contributed by atoms with Crippen molar-refractivity contribution in [2.75, 3.05) is 11.9 Å². The van der Waals surface area contributed by atoms with Crippen LogP contribution in [0.5, 0.6) is 5.75 Å². The fourth-order valence-corrected chi connectivity index (χ4v) is 1.02. The van der Waals surface area contributed by atoms with Crippen LogP contribution in [0.3, 0.4) is 0 Å². The number of aliphatic hydroxyl groups is 1. The van der Waals surface area contributed by atoms with Gasteiger partial charge in [0.05, 0.1) is 6.61 Å². The van der Waals surface area contributed by atoms with Crippen molar-refractivity contribution in [1.29, 1.82) is 0 Å². The lowest BCUT2D eigenvalue weighted by Gasteiger charge is -2.10. The smallest absolute Gasteiger partial charge is 0.405 e. The Bertz CT molecular complexity index is 339. The Kier molecular flexibility index (Phi) is 3.41. The van der Waals surface area contributed by atoms with Crippen molar-refractivity contribution in [1.82, 2.24) is 0 Å². The Morgan fingerprint density at radius 1 is 1.27 bits per heavy atom. The summed E-state index contributed by atoms with van der Waals surface area (Å²) >= 11 is 0. The maximum atomic E-state index is 11.8. The molecule has 0 heterocycles. The first-order valence-corrected chi connectivity index (χ1v) is 4.16. The Balaban J connectivity index is 2.70. The van der Waals surface area contributed by atoms with E-state index in [2.05, 4.69) is 5.32 Å². The lowest BCUT2D eigenvalue weighted by atomic mass is 10.2. The van der Waals surface area contributed by atoms with Crippen LogP contribution in [0, 0.1) is 0 Å². The van der Waals surface area contributed by atoms with E-state index in [-0.39, 0.29) is 17.0 Å². The van der Waals surface area contributed by atoms with Crippen LogP contribution >= 0.6 is 0 Å². The van der Waals surface area contributed by atoms with Gasteiger partial charge in [0.15, 0.2) is 0 Å². The predicted octanol–water partition coefficient (Wildman–Crippen LogP) is 1.86. The molecule has 1 rings (SSSR count). The molecule has 3 nitrogen and oxygen atoms in total. The molecule has 0 radical (unpaired) electrons. The van der Waals surface area contributed by atoms with E-state index in [1.807, 2.05) is 0 Å². The highest BCUT2D eigenvalue weighted by Gasteiger charge is 2.26. The van der Waals surface area contributed by atoms with Gasteiger partial charge < -0.3 is 15.5 Å². The molecule has 0 spiro atoms. The largest absolute Gasteiger partial charge is 0.508 e. The van der Waals surface area contributed by atoms with Crippen molar-refractivity contribution in [3.63, 3.8) is 0 Å². The molecule has 0 fully saturated rings. The number of hydrogen-bond acceptors (Lipinski definition) is 3. The molecular formula is C9H10F3NO2. The van der Waals surface area contributed by atoms with Gasteiger partial charge in [-0.15, -0.1) is 0 Å². The molecule has 6 heteroatoms. The molecule has 0 saturated heterocycles. The minimum atomic E-state index is -4.29. The van der Waals surface area contributed by atoms with E-state index in [0.717, 1.165) is 0 Å². The van der Waals surface area contributed by atoms with Crippen LogP contribution in [0.15, 0.2) is 18.2 Å². The Hall–Kier alpha value is -1.43. The van der Waals surface area contributed by atoms with Gasteiger partial charge in [0.1, 0.15) is 12.3 Å². The second kappa shape index (κ2) is 4.39. The summed E-state index contributed by atoms with van der Waals surface area (Å²) < 4.78 is 35.5. The lowest BCUT2D eigenvalue weighted by Crippen LogP contribution is -2.21. The molecule has 0 atom stereocenters. The molecular weight excluding hydrogens is 211 g/mol. The number of alkyl halides is 3. The predicted molar refractivity (Wildman–Crippen MR) is 48.6 cm³/mol. The fraction of sp³-hybridized carbons (Fsp3) is 0.333. The zero-order valence-electron chi connectivity index (χ0n) is 7.67. The van der Waals surface area contributed by atoms with Gasteiger partial charge in [-0.2, -0.15) is 13.2 Å². The van der Waals surface area contributed by atoms with Crippen LogP contribution < -0.4 is 5.32 Å². The number of hydrogen-bond donors (Lipinski definition) is 3. The number of aliphatic hydroxyl groups excluding tert-OH is 1. The molecule has 84 valence electrons. The van der Waals surface area contributed by atoms with E-state index in [0.29, 0.717) is 0 Å². The minimum absolute atomic E-state index is 0.143. The third kappa shape index (κ3) is 3.67. The van der Waals surface area contributed by atoms with E-state index in [1.165, 1.54) is 18.2 Å². The average Bonchev–Trinajstić information content (AvgIpc) is 2.15. The Labute approximate surface area is 84.2 Å². The molecule has 1 aromatic carbocycles. The van der Waals surface area contributed by atoms with E-state index in [1.54, 1.807) is 0 Å². The molecule has 0 unspecified atom stereocenters. The zero-order valence-corrected chi connectivity index (χ0v) is 7.67. The summed E-state index contributed by atoms with van der Waals surface area (Å²) in [5.41, 5.74) is 0.386. The number of rotatable bonds is 3. The maximum absolute atomic E-state index is 11.8. The van der Waals surface area contributed by atoms with Crippen molar-refractivity contribution in [3.05, 3.63) is 23.8 Å². The molecule has 0 saturated carbocycles. The Morgan fingerprint density at radius 3 is 2.47 bits per heavy atom. The number of benzene rings is 1. The van der Waals surface area contributed by atoms with Gasteiger partial charge in [0.2, 0.25) is 0 Å². The third-order valence-electron chi connectivity index (χ3n) is 1.74. The molecule has 0 aliphatic heterocycles. The van der Waals surface area contributed by atoms with Gasteiger partial charge in [-0.1, -0.05) is 0 Å². The van der Waals surface area contributed by atoms with E-state index >= 15 is 0 Å². The van der Waals surface area contributed by atoms with E-state index < -0.39 is 19.3 Å². The molecule has 3 N–H and O–H groups in total. The quantitative estimate of drug-likeness (QED) is 0.683. The van der Waals surface area contributed by atoms with Gasteiger partial charge in [-0.25, -0.2) is 0 Å². The number of aromatic hydroxyl groups is 1. The first-order chi connectivity index (χ1) is 6.92. The summed E-state index contributed by atoms with van der Waals surface area (Å²) in [6.07, 6.45) is -4.29. The standard InChI is InChI=1S/C9H10F3NO2/c10-9(11,12)5-13-7-1-2-8(15)6(3-7)4-14/h1-3,13-15H,4-5H2. The van der Waals surface area contributed by atoms with Crippen LogP contribution in [0.4, 0.5) is 18.9 Å². The van der Waals surface area contributed by atoms with Crippen LogP contribution in [-0.4, -0.2) is 22.9 Å².